The number of nitrogens with zero attached hydrogens (tertiary/aromatic N) is 2. The minimum atomic E-state index is -3.05. The van der Waals surface area contributed by atoms with Gasteiger partial charge in [-0.25, -0.2) is 35.3 Å². The Hall–Kier alpha value is -3.24. The van der Waals surface area contributed by atoms with E-state index in [-0.39, 0.29) is 22.7 Å². The number of rotatable bonds is 8. The van der Waals surface area contributed by atoms with Crippen LogP contribution in [-0.4, -0.2) is 78.4 Å². The fourth-order valence-electron chi connectivity index (χ4n) is 3.20. The van der Waals surface area contributed by atoms with Crippen LogP contribution in [0.3, 0.4) is 0 Å². The maximum absolute atomic E-state index is 13.9. The summed E-state index contributed by atoms with van der Waals surface area (Å²) < 4.78 is 94.1. The van der Waals surface area contributed by atoms with Gasteiger partial charge in [0.25, 0.3) is 5.92 Å². The number of hydrogen-bond donors (Lipinski definition) is 3. The predicted octanol–water partition coefficient (Wildman–Crippen LogP) is 3.42. The molecule has 2 aromatic rings. The van der Waals surface area contributed by atoms with Gasteiger partial charge < -0.3 is 24.9 Å². The third-order valence-electron chi connectivity index (χ3n) is 5.23. The van der Waals surface area contributed by atoms with E-state index in [1.807, 2.05) is 6.92 Å². The Morgan fingerprint density at radius 3 is 2.02 bits per heavy atom. The highest BCUT2D eigenvalue weighted by Gasteiger charge is 2.44. The lowest BCUT2D eigenvalue weighted by Crippen LogP contribution is -2.56. The highest BCUT2D eigenvalue weighted by atomic mass is 32.2. The topological polar surface area (TPSA) is 113 Å². The average molecular weight is 616 g/mol. The number of nitrogens with one attached hydrogen (secondary N) is 3. The van der Waals surface area contributed by atoms with Crippen LogP contribution in [0.15, 0.2) is 23.2 Å². The Balaban J connectivity index is 0.000000665. The van der Waals surface area contributed by atoms with Gasteiger partial charge in [0.15, 0.2) is 29.6 Å². The molecule has 1 amide bonds. The van der Waals surface area contributed by atoms with Crippen molar-refractivity contribution in [2.45, 2.75) is 43.5 Å². The molecule has 1 aromatic heterocycles. The van der Waals surface area contributed by atoms with Crippen molar-refractivity contribution in [1.82, 2.24) is 19.5 Å². The van der Waals surface area contributed by atoms with Crippen molar-refractivity contribution in [2.24, 2.45) is 7.05 Å². The van der Waals surface area contributed by atoms with Gasteiger partial charge >= 0.3 is 0 Å². The molecule has 232 valence electrons. The molecule has 41 heavy (non-hydrogen) atoms. The highest BCUT2D eigenvalue weighted by molar-refractivity contribution is 7.83. The SMILES string of the molecule is CC=O.CCCNC=O.CN1CCC(NS(=O)c2cn(C)c(C=O)c2F)C(F)(F)C1.CNc1cc(F)c(F)c(F)c1. The van der Waals surface area contributed by atoms with Crippen molar-refractivity contribution in [2.75, 3.05) is 39.0 Å². The maximum atomic E-state index is 13.9. The quantitative estimate of drug-likeness (QED) is 0.182. The molecule has 16 heteroatoms. The van der Waals surface area contributed by atoms with Gasteiger partial charge in [-0.2, -0.15) is 0 Å². The standard InChI is InChI=1S/C12H16F3N3O2S.C7H6F3N.C4H9NO.C2H4O/c1-17-4-3-10(12(14,15)7-17)16-21(20)9-5-18(2)8(6-19)11(9)13;1-11-4-2-5(8)7(10)6(9)3-4;1-2-3-5-4-6;1-2-3/h5-6,10,16H,3-4,7H2,1-2H3;2-3,11H,1H3;4H,2-3H2,1H3,(H,5,6);2H,1H3. The molecule has 1 aliphatic heterocycles. The molecule has 2 unspecified atom stereocenters. The third kappa shape index (κ3) is 12.4. The third-order valence-corrected chi connectivity index (χ3v) is 6.42. The van der Waals surface area contributed by atoms with Crippen LogP contribution in [0.4, 0.5) is 32.0 Å². The summed E-state index contributed by atoms with van der Waals surface area (Å²) in [4.78, 5) is 30.1. The molecular formula is C25H35F6N5O4S. The van der Waals surface area contributed by atoms with Crippen LogP contribution in [0.5, 0.6) is 0 Å². The van der Waals surface area contributed by atoms with Crippen molar-refractivity contribution in [3.8, 4) is 0 Å². The first kappa shape index (κ1) is 37.8. The number of likely N-dealkylation sites (tertiary alicyclic amines) is 1. The van der Waals surface area contributed by atoms with E-state index in [9.17, 15) is 40.1 Å². The summed E-state index contributed by atoms with van der Waals surface area (Å²) in [6, 6.07) is 0.477. The molecule has 2 heterocycles. The molecule has 2 atom stereocenters. The molecular weight excluding hydrogens is 580 g/mol. The molecule has 0 spiro atoms. The second-order valence-electron chi connectivity index (χ2n) is 8.46. The van der Waals surface area contributed by atoms with Crippen LogP contribution in [0.2, 0.25) is 0 Å². The van der Waals surface area contributed by atoms with Crippen molar-refractivity contribution >= 4 is 35.7 Å². The number of benzene rings is 1. The first-order valence-corrected chi connectivity index (χ1v) is 13.3. The number of alkyl halides is 2. The number of hydrogen-bond acceptors (Lipinski definition) is 6. The number of anilines is 1. The largest absolute Gasteiger partial charge is 0.388 e. The van der Waals surface area contributed by atoms with Crippen LogP contribution in [0.1, 0.15) is 37.2 Å². The summed E-state index contributed by atoms with van der Waals surface area (Å²) >= 11 is 0. The number of carbonyl (C=O) groups is 3. The van der Waals surface area contributed by atoms with Crippen LogP contribution in [-0.2, 0) is 27.6 Å². The van der Waals surface area contributed by atoms with Crippen molar-refractivity contribution < 1.29 is 44.9 Å². The molecule has 3 rings (SSSR count). The van der Waals surface area contributed by atoms with Crippen molar-refractivity contribution in [3.63, 3.8) is 0 Å². The first-order valence-electron chi connectivity index (χ1n) is 12.2. The predicted molar refractivity (Wildman–Crippen MR) is 143 cm³/mol. The van der Waals surface area contributed by atoms with Crippen LogP contribution >= 0.6 is 0 Å². The molecule has 1 aromatic carbocycles. The van der Waals surface area contributed by atoms with E-state index in [2.05, 4.69) is 15.4 Å². The van der Waals surface area contributed by atoms with Gasteiger partial charge in [-0.15, -0.1) is 0 Å². The number of aromatic nitrogens is 1. The fraction of sp³-hybridized carbons (Fsp3) is 0.480. The summed E-state index contributed by atoms with van der Waals surface area (Å²) in [5, 5.41) is 5.01. The second-order valence-corrected chi connectivity index (χ2v) is 9.67. The fourth-order valence-corrected chi connectivity index (χ4v) is 4.39. The first-order chi connectivity index (χ1) is 19.2. The van der Waals surface area contributed by atoms with Gasteiger partial charge in [-0.3, -0.25) is 9.59 Å². The molecule has 0 bridgehead atoms. The summed E-state index contributed by atoms with van der Waals surface area (Å²) in [6.45, 7) is 4.24. The van der Waals surface area contributed by atoms with Gasteiger partial charge in [0, 0.05) is 44.7 Å². The van der Waals surface area contributed by atoms with Crippen LogP contribution < -0.4 is 15.4 Å². The van der Waals surface area contributed by atoms with E-state index in [4.69, 9.17) is 4.79 Å². The normalized spacial score (nSPS) is 16.3. The molecule has 9 nitrogen and oxygen atoms in total. The lowest BCUT2D eigenvalue weighted by atomic mass is 10.0. The van der Waals surface area contributed by atoms with Crippen molar-refractivity contribution in [3.05, 3.63) is 47.3 Å². The average Bonchev–Trinajstić information content (AvgIpc) is 3.21. The molecule has 0 aliphatic carbocycles. The Labute approximate surface area is 237 Å². The lowest BCUT2D eigenvalue weighted by molar-refractivity contribution is -0.109. The monoisotopic (exact) mass is 615 g/mol. The summed E-state index contributed by atoms with van der Waals surface area (Å²) in [7, 11) is 2.34. The minimum absolute atomic E-state index is 0.101. The van der Waals surface area contributed by atoms with E-state index >= 15 is 0 Å². The Kier molecular flexibility index (Phi) is 17.5. The van der Waals surface area contributed by atoms with Crippen molar-refractivity contribution in [1.29, 1.82) is 0 Å². The van der Waals surface area contributed by atoms with E-state index in [1.165, 1.54) is 30.5 Å². The molecule has 1 saturated heterocycles. The zero-order chi connectivity index (χ0) is 31.8. The lowest BCUT2D eigenvalue weighted by Gasteiger charge is -2.36. The number of carbonyl (C=O) groups excluding carboxylic acids is 3. The Morgan fingerprint density at radius 1 is 1.07 bits per heavy atom. The zero-order valence-corrected chi connectivity index (χ0v) is 24.1. The highest BCUT2D eigenvalue weighted by Crippen LogP contribution is 2.28. The molecule has 1 fully saturated rings. The number of aryl methyl sites for hydroxylation is 1. The molecule has 3 N–H and O–H groups in total. The Morgan fingerprint density at radius 2 is 1.63 bits per heavy atom. The van der Waals surface area contributed by atoms with E-state index < -0.39 is 52.8 Å². The van der Waals surface area contributed by atoms with Gasteiger partial charge in [-0.1, -0.05) is 6.92 Å². The number of piperidine rings is 1. The summed E-state index contributed by atoms with van der Waals surface area (Å²) in [5.41, 5.74) is -0.0586. The van der Waals surface area contributed by atoms with E-state index in [0.29, 0.717) is 19.2 Å². The number of amides is 1. The molecule has 0 radical (unpaired) electrons. The van der Waals surface area contributed by atoms with E-state index in [1.54, 1.807) is 7.05 Å². The maximum Gasteiger partial charge on any atom is 0.276 e. The van der Waals surface area contributed by atoms with Gasteiger partial charge in [0.05, 0.1) is 12.6 Å². The zero-order valence-electron chi connectivity index (χ0n) is 23.3. The summed E-state index contributed by atoms with van der Waals surface area (Å²) in [6.07, 6.45) is 4.03. The van der Waals surface area contributed by atoms with Crippen LogP contribution in [0, 0.1) is 23.3 Å². The van der Waals surface area contributed by atoms with Gasteiger partial charge in [-0.05, 0) is 33.4 Å². The molecule has 1 aliphatic rings. The molecule has 0 saturated carbocycles. The Bertz CT molecular complexity index is 1130. The van der Waals surface area contributed by atoms with Crippen LogP contribution in [0.25, 0.3) is 0 Å². The number of aldehydes is 2. The minimum Gasteiger partial charge on any atom is -0.388 e. The smallest absolute Gasteiger partial charge is 0.276 e. The van der Waals surface area contributed by atoms with E-state index in [0.717, 1.165) is 37.6 Å². The second kappa shape index (κ2) is 19.0. The summed E-state index contributed by atoms with van der Waals surface area (Å²) in [5.74, 6) is -7.82. The van der Waals surface area contributed by atoms with Gasteiger partial charge in [0.2, 0.25) is 6.41 Å². The number of halogens is 6. The van der Waals surface area contributed by atoms with Gasteiger partial charge in [0.1, 0.15) is 27.9 Å².